The Kier molecular flexibility index (Phi) is 4.25. The van der Waals surface area contributed by atoms with Crippen molar-refractivity contribution in [1.82, 2.24) is 4.57 Å². The fourth-order valence-corrected chi connectivity index (χ4v) is 3.31. The number of aryl methyl sites for hydroxylation is 1. The molecule has 0 unspecified atom stereocenters. The largest absolute Gasteiger partial charge is 0.381 e. The van der Waals surface area contributed by atoms with Crippen LogP contribution in [0.3, 0.4) is 0 Å². The molecule has 1 aliphatic rings. The number of hydrogen-bond acceptors (Lipinski definition) is 3. The van der Waals surface area contributed by atoms with Crippen LogP contribution >= 0.6 is 0 Å². The number of aromatic nitrogens is 1. The Morgan fingerprint density at radius 1 is 1.42 bits per heavy atom. The Balaban J connectivity index is 2.10. The Bertz CT molecular complexity index is 833. The summed E-state index contributed by atoms with van der Waals surface area (Å²) >= 11 is 0. The second-order valence-electron chi connectivity index (χ2n) is 6.04. The quantitative estimate of drug-likeness (QED) is 0.830. The first-order valence-electron chi connectivity index (χ1n) is 8.06. The fraction of sp³-hybridized carbons (Fsp3) is 0.263. The first-order valence-corrected chi connectivity index (χ1v) is 8.06. The molecule has 0 saturated heterocycles. The first-order chi connectivity index (χ1) is 11.5. The first kappa shape index (κ1) is 16.1. The number of amides is 1. The number of rotatable bonds is 5. The maximum atomic E-state index is 12.2. The van der Waals surface area contributed by atoms with Crippen molar-refractivity contribution in [2.75, 3.05) is 11.9 Å². The summed E-state index contributed by atoms with van der Waals surface area (Å²) in [7, 11) is 0. The van der Waals surface area contributed by atoms with E-state index in [0.717, 1.165) is 35.3 Å². The van der Waals surface area contributed by atoms with Crippen molar-refractivity contribution >= 4 is 17.4 Å². The number of hydrogen-bond donors (Lipinski definition) is 2. The van der Waals surface area contributed by atoms with Gasteiger partial charge in [-0.05, 0) is 43.5 Å². The number of nitrogens with zero attached hydrogens (tertiary/aromatic N) is 1. The van der Waals surface area contributed by atoms with Gasteiger partial charge in [-0.25, -0.2) is 0 Å². The van der Waals surface area contributed by atoms with E-state index < -0.39 is 5.91 Å². The van der Waals surface area contributed by atoms with Gasteiger partial charge in [-0.2, -0.15) is 0 Å². The zero-order valence-corrected chi connectivity index (χ0v) is 13.8. The Morgan fingerprint density at radius 2 is 2.21 bits per heavy atom. The van der Waals surface area contributed by atoms with Crippen LogP contribution in [0, 0.1) is 6.92 Å². The second-order valence-corrected chi connectivity index (χ2v) is 6.04. The van der Waals surface area contributed by atoms with Crippen LogP contribution in [0.2, 0.25) is 0 Å². The molecule has 3 rings (SSSR count). The van der Waals surface area contributed by atoms with Gasteiger partial charge in [-0.1, -0.05) is 6.08 Å². The van der Waals surface area contributed by atoms with E-state index in [1.165, 1.54) is 0 Å². The highest BCUT2D eigenvalue weighted by molar-refractivity contribution is 6.00. The Morgan fingerprint density at radius 3 is 2.92 bits per heavy atom. The van der Waals surface area contributed by atoms with Crippen molar-refractivity contribution in [3.63, 3.8) is 0 Å². The molecule has 0 bridgehead atoms. The number of fused-ring (bicyclic) bond motifs is 1. The van der Waals surface area contributed by atoms with Crippen LogP contribution in [0.25, 0.3) is 5.69 Å². The van der Waals surface area contributed by atoms with Crippen molar-refractivity contribution in [3.05, 3.63) is 59.4 Å². The zero-order chi connectivity index (χ0) is 17.3. The second kappa shape index (κ2) is 6.35. The van der Waals surface area contributed by atoms with E-state index in [1.807, 2.05) is 29.8 Å². The molecular formula is C19H21N3O2. The normalized spacial score (nSPS) is 13.5. The molecule has 0 atom stereocenters. The number of carbonyl (C=O) groups excluding carboxylic acids is 2. The number of primary amides is 1. The van der Waals surface area contributed by atoms with Crippen LogP contribution < -0.4 is 11.1 Å². The molecule has 0 fully saturated rings. The SMILES string of the molecule is C=CCNc1cc(-n2cc(C)c3c2CCCC3=O)ccc1C(N)=O. The summed E-state index contributed by atoms with van der Waals surface area (Å²) in [5, 5.41) is 3.15. The maximum Gasteiger partial charge on any atom is 0.250 e. The van der Waals surface area contributed by atoms with E-state index in [9.17, 15) is 9.59 Å². The molecule has 5 heteroatoms. The van der Waals surface area contributed by atoms with Gasteiger partial charge < -0.3 is 15.6 Å². The molecule has 3 N–H and O–H groups in total. The summed E-state index contributed by atoms with van der Waals surface area (Å²) in [4.78, 5) is 23.8. The third-order valence-corrected chi connectivity index (χ3v) is 4.38. The smallest absolute Gasteiger partial charge is 0.250 e. The van der Waals surface area contributed by atoms with Gasteiger partial charge in [0.1, 0.15) is 0 Å². The molecule has 124 valence electrons. The highest BCUT2D eigenvalue weighted by atomic mass is 16.1. The standard InChI is InChI=1S/C19H21N3O2/c1-3-9-21-15-10-13(7-8-14(15)19(20)24)22-11-12(2)18-16(22)5-4-6-17(18)23/h3,7-8,10-11,21H,1,4-6,9H2,2H3,(H2,20,24). The van der Waals surface area contributed by atoms with Crippen molar-refractivity contribution in [2.45, 2.75) is 26.2 Å². The minimum absolute atomic E-state index is 0.214. The molecule has 1 aliphatic carbocycles. The molecule has 2 aromatic rings. The van der Waals surface area contributed by atoms with E-state index in [2.05, 4.69) is 11.9 Å². The van der Waals surface area contributed by atoms with Crippen LogP contribution in [0.5, 0.6) is 0 Å². The van der Waals surface area contributed by atoms with E-state index in [1.54, 1.807) is 12.1 Å². The van der Waals surface area contributed by atoms with Crippen LogP contribution in [-0.2, 0) is 6.42 Å². The maximum absolute atomic E-state index is 12.2. The Labute approximate surface area is 141 Å². The lowest BCUT2D eigenvalue weighted by atomic mass is 9.94. The molecule has 5 nitrogen and oxygen atoms in total. The average Bonchev–Trinajstić information content (AvgIpc) is 2.90. The molecule has 0 aliphatic heterocycles. The van der Waals surface area contributed by atoms with Gasteiger partial charge in [-0.15, -0.1) is 6.58 Å². The minimum Gasteiger partial charge on any atom is -0.381 e. The lowest BCUT2D eigenvalue weighted by molar-refractivity contribution is 0.0969. The number of ketones is 1. The van der Waals surface area contributed by atoms with Crippen molar-refractivity contribution in [2.24, 2.45) is 5.73 Å². The van der Waals surface area contributed by atoms with Crippen molar-refractivity contribution in [3.8, 4) is 5.69 Å². The average molecular weight is 323 g/mol. The lowest BCUT2D eigenvalue weighted by Crippen LogP contribution is -2.16. The summed E-state index contributed by atoms with van der Waals surface area (Å²) in [5.41, 5.74) is 10.4. The Hall–Kier alpha value is -2.82. The highest BCUT2D eigenvalue weighted by Crippen LogP contribution is 2.30. The zero-order valence-electron chi connectivity index (χ0n) is 13.8. The number of carbonyl (C=O) groups is 2. The molecule has 1 aromatic carbocycles. The van der Waals surface area contributed by atoms with Gasteiger partial charge in [0.15, 0.2) is 5.78 Å². The predicted octanol–water partition coefficient (Wildman–Crippen LogP) is 3.00. The van der Waals surface area contributed by atoms with Crippen molar-refractivity contribution in [1.29, 1.82) is 0 Å². The van der Waals surface area contributed by atoms with Crippen LogP contribution in [-0.4, -0.2) is 22.8 Å². The van der Waals surface area contributed by atoms with Crippen LogP contribution in [0.4, 0.5) is 5.69 Å². The van der Waals surface area contributed by atoms with Gasteiger partial charge in [0.25, 0.3) is 5.91 Å². The van der Waals surface area contributed by atoms with Crippen molar-refractivity contribution < 1.29 is 9.59 Å². The van der Waals surface area contributed by atoms with E-state index in [0.29, 0.717) is 24.2 Å². The highest BCUT2D eigenvalue weighted by Gasteiger charge is 2.24. The number of nitrogens with one attached hydrogen (secondary N) is 1. The third-order valence-electron chi connectivity index (χ3n) is 4.38. The molecule has 1 aromatic heterocycles. The van der Waals surface area contributed by atoms with E-state index >= 15 is 0 Å². The topological polar surface area (TPSA) is 77.1 Å². The van der Waals surface area contributed by atoms with Crippen LogP contribution in [0.15, 0.2) is 37.1 Å². The molecule has 1 heterocycles. The summed E-state index contributed by atoms with van der Waals surface area (Å²) in [6, 6.07) is 5.47. The molecule has 24 heavy (non-hydrogen) atoms. The van der Waals surface area contributed by atoms with Gasteiger partial charge >= 0.3 is 0 Å². The van der Waals surface area contributed by atoms with Gasteiger partial charge in [0.2, 0.25) is 0 Å². The number of anilines is 1. The number of benzene rings is 1. The molecule has 0 radical (unpaired) electrons. The molecule has 0 spiro atoms. The van der Waals surface area contributed by atoms with Gasteiger partial charge in [-0.3, -0.25) is 9.59 Å². The lowest BCUT2D eigenvalue weighted by Gasteiger charge is -2.17. The molecular weight excluding hydrogens is 302 g/mol. The molecule has 1 amide bonds. The summed E-state index contributed by atoms with van der Waals surface area (Å²) in [6.45, 7) is 6.18. The van der Waals surface area contributed by atoms with Crippen LogP contribution in [0.1, 0.15) is 44.8 Å². The van der Waals surface area contributed by atoms with Gasteiger partial charge in [0.05, 0.1) is 5.56 Å². The summed E-state index contributed by atoms with van der Waals surface area (Å²) in [6.07, 6.45) is 6.07. The summed E-state index contributed by atoms with van der Waals surface area (Å²) in [5.74, 6) is -0.264. The third kappa shape index (κ3) is 2.73. The van der Waals surface area contributed by atoms with E-state index in [-0.39, 0.29) is 5.78 Å². The monoisotopic (exact) mass is 323 g/mol. The van der Waals surface area contributed by atoms with Gasteiger partial charge in [0, 0.05) is 41.8 Å². The predicted molar refractivity (Wildman–Crippen MR) is 95.0 cm³/mol. The number of Topliss-reactive ketones (excluding diaryl/α,β-unsaturated/α-hetero) is 1. The summed E-state index contributed by atoms with van der Waals surface area (Å²) < 4.78 is 2.05. The minimum atomic E-state index is -0.478. The molecule has 0 saturated carbocycles. The fourth-order valence-electron chi connectivity index (χ4n) is 3.31. The van der Waals surface area contributed by atoms with E-state index in [4.69, 9.17) is 5.73 Å². The number of nitrogens with two attached hydrogens (primary N) is 1.